The Bertz CT molecular complexity index is 972. The van der Waals surface area contributed by atoms with Gasteiger partial charge in [0.25, 0.3) is 0 Å². The molecule has 2 N–H and O–H groups in total. The molecule has 0 unspecified atom stereocenters. The molecule has 0 amide bonds. The maximum atomic E-state index is 12.8. The summed E-state index contributed by atoms with van der Waals surface area (Å²) < 4.78 is 20.9. The van der Waals surface area contributed by atoms with Gasteiger partial charge in [-0.05, 0) is 12.1 Å². The van der Waals surface area contributed by atoms with E-state index in [0.717, 1.165) is 0 Å². The van der Waals surface area contributed by atoms with Crippen LogP contribution in [-0.4, -0.2) is 31.5 Å². The van der Waals surface area contributed by atoms with Gasteiger partial charge in [0.15, 0.2) is 22.8 Å². The first-order valence-corrected chi connectivity index (χ1v) is 6.63. The van der Waals surface area contributed by atoms with E-state index in [2.05, 4.69) is 0 Å². The Labute approximate surface area is 130 Å². The second kappa shape index (κ2) is 5.28. The van der Waals surface area contributed by atoms with E-state index in [1.165, 1.54) is 39.5 Å². The van der Waals surface area contributed by atoms with E-state index in [4.69, 9.17) is 18.6 Å². The van der Waals surface area contributed by atoms with E-state index < -0.39 is 11.2 Å². The Morgan fingerprint density at radius 1 is 0.957 bits per heavy atom. The van der Waals surface area contributed by atoms with Crippen molar-refractivity contribution < 1.29 is 28.8 Å². The van der Waals surface area contributed by atoms with Gasteiger partial charge in [0.1, 0.15) is 22.1 Å². The molecule has 0 aliphatic carbocycles. The van der Waals surface area contributed by atoms with E-state index in [9.17, 15) is 15.0 Å². The van der Waals surface area contributed by atoms with Crippen LogP contribution in [0.1, 0.15) is 0 Å². The van der Waals surface area contributed by atoms with Crippen LogP contribution in [0.3, 0.4) is 0 Å². The summed E-state index contributed by atoms with van der Waals surface area (Å²) in [5.41, 5.74) is -0.526. The van der Waals surface area contributed by atoms with E-state index in [0.29, 0.717) is 0 Å². The quantitative estimate of drug-likeness (QED) is 0.715. The summed E-state index contributed by atoms with van der Waals surface area (Å²) in [6.07, 6.45) is 0. The van der Waals surface area contributed by atoms with Crippen LogP contribution in [0.15, 0.2) is 27.4 Å². The van der Waals surface area contributed by atoms with Crippen LogP contribution in [0.2, 0.25) is 0 Å². The Hall–Kier alpha value is -3.09. The molecule has 1 aromatic heterocycles. The molecule has 0 spiro atoms. The molecule has 0 aliphatic rings. The molecule has 0 bridgehead atoms. The van der Waals surface area contributed by atoms with Crippen LogP contribution >= 0.6 is 0 Å². The monoisotopic (exact) mass is 318 g/mol. The van der Waals surface area contributed by atoms with E-state index >= 15 is 0 Å². The Balaban J connectivity index is 2.60. The maximum absolute atomic E-state index is 12.8. The zero-order valence-electron chi connectivity index (χ0n) is 12.7. The standard InChI is InChI=1S/C16H14O7/c1-20-8-5-4-7(17)15-12(8)13(18)11-9(23-15)6-10(21-2)16(22-3)14(11)19/h4-6,17,19H,1-3H3. The van der Waals surface area contributed by atoms with Gasteiger partial charge in [-0.1, -0.05) is 0 Å². The van der Waals surface area contributed by atoms with Gasteiger partial charge in [0.05, 0.1) is 21.3 Å². The van der Waals surface area contributed by atoms with Crippen molar-refractivity contribution in [3.8, 4) is 28.7 Å². The second-order valence-corrected chi connectivity index (χ2v) is 4.76. The van der Waals surface area contributed by atoms with Crippen LogP contribution in [0, 0.1) is 0 Å². The third-order valence-corrected chi connectivity index (χ3v) is 3.59. The first-order valence-electron chi connectivity index (χ1n) is 6.63. The Morgan fingerprint density at radius 3 is 2.26 bits per heavy atom. The lowest BCUT2D eigenvalue weighted by molar-refractivity contribution is 0.334. The lowest BCUT2D eigenvalue weighted by Gasteiger charge is -2.12. The second-order valence-electron chi connectivity index (χ2n) is 4.76. The lowest BCUT2D eigenvalue weighted by atomic mass is 10.1. The molecular weight excluding hydrogens is 304 g/mol. The highest BCUT2D eigenvalue weighted by Crippen LogP contribution is 2.43. The number of phenolic OH excluding ortho intramolecular Hbond substituents is 2. The summed E-state index contributed by atoms with van der Waals surface area (Å²) in [6, 6.07) is 4.21. The number of ether oxygens (including phenoxy) is 3. The highest BCUT2D eigenvalue weighted by molar-refractivity contribution is 5.99. The van der Waals surface area contributed by atoms with E-state index in [1.807, 2.05) is 0 Å². The van der Waals surface area contributed by atoms with Gasteiger partial charge in [0.2, 0.25) is 11.2 Å². The molecule has 0 aliphatic heterocycles. The van der Waals surface area contributed by atoms with Crippen LogP contribution in [0.25, 0.3) is 21.9 Å². The number of hydrogen-bond acceptors (Lipinski definition) is 7. The van der Waals surface area contributed by atoms with E-state index in [1.54, 1.807) is 0 Å². The predicted molar refractivity (Wildman–Crippen MR) is 83.0 cm³/mol. The molecule has 2 aromatic carbocycles. The molecule has 3 rings (SSSR count). The van der Waals surface area contributed by atoms with Gasteiger partial charge in [-0.25, -0.2) is 0 Å². The SMILES string of the molecule is COc1cc2oc3c(O)ccc(OC)c3c(=O)c2c(O)c1OC. The Morgan fingerprint density at radius 2 is 1.65 bits per heavy atom. The largest absolute Gasteiger partial charge is 0.504 e. The van der Waals surface area contributed by atoms with Gasteiger partial charge in [-0.2, -0.15) is 0 Å². The molecule has 1 heterocycles. The number of methoxy groups -OCH3 is 3. The highest BCUT2D eigenvalue weighted by atomic mass is 16.5. The summed E-state index contributed by atoms with van der Waals surface area (Å²) in [5.74, 6) is -0.173. The number of hydrogen-bond donors (Lipinski definition) is 2. The van der Waals surface area contributed by atoms with Crippen molar-refractivity contribution in [1.82, 2.24) is 0 Å². The molecule has 3 aromatic rings. The predicted octanol–water partition coefficient (Wildman–Crippen LogP) is 2.38. The molecule has 0 atom stereocenters. The third-order valence-electron chi connectivity index (χ3n) is 3.59. The summed E-state index contributed by atoms with van der Waals surface area (Å²) in [7, 11) is 4.13. The first-order chi connectivity index (χ1) is 11.0. The van der Waals surface area contributed by atoms with E-state index in [-0.39, 0.29) is 44.9 Å². The van der Waals surface area contributed by atoms with Gasteiger partial charge in [-0.3, -0.25) is 4.79 Å². The maximum Gasteiger partial charge on any atom is 0.208 e. The summed E-state index contributed by atoms with van der Waals surface area (Å²) >= 11 is 0. The third kappa shape index (κ3) is 2.01. The van der Waals surface area contributed by atoms with Crippen molar-refractivity contribution in [1.29, 1.82) is 0 Å². The van der Waals surface area contributed by atoms with Crippen molar-refractivity contribution in [3.63, 3.8) is 0 Å². The molecule has 120 valence electrons. The van der Waals surface area contributed by atoms with Gasteiger partial charge < -0.3 is 28.8 Å². The molecular formula is C16H14O7. The average molecular weight is 318 g/mol. The fourth-order valence-electron chi connectivity index (χ4n) is 2.53. The van der Waals surface area contributed by atoms with Gasteiger partial charge >= 0.3 is 0 Å². The topological polar surface area (TPSA) is 98.4 Å². The van der Waals surface area contributed by atoms with Crippen molar-refractivity contribution in [3.05, 3.63) is 28.4 Å². The molecule has 0 saturated carbocycles. The van der Waals surface area contributed by atoms with Crippen LogP contribution in [-0.2, 0) is 0 Å². The number of benzene rings is 2. The first kappa shape index (κ1) is 14.8. The molecule has 7 nitrogen and oxygen atoms in total. The lowest BCUT2D eigenvalue weighted by Crippen LogP contribution is -2.05. The molecule has 7 heteroatoms. The Kier molecular flexibility index (Phi) is 3.40. The number of fused-ring (bicyclic) bond motifs is 2. The zero-order valence-corrected chi connectivity index (χ0v) is 12.7. The zero-order chi connectivity index (χ0) is 16.7. The number of phenols is 2. The van der Waals surface area contributed by atoms with Crippen LogP contribution in [0.4, 0.5) is 0 Å². The van der Waals surface area contributed by atoms with Crippen LogP contribution in [0.5, 0.6) is 28.7 Å². The normalized spacial score (nSPS) is 10.9. The van der Waals surface area contributed by atoms with Gasteiger partial charge in [0, 0.05) is 6.07 Å². The van der Waals surface area contributed by atoms with Crippen molar-refractivity contribution >= 4 is 21.9 Å². The summed E-state index contributed by atoms with van der Waals surface area (Å²) in [4.78, 5) is 12.8. The minimum atomic E-state index is -0.549. The minimum absolute atomic E-state index is 0.0192. The van der Waals surface area contributed by atoms with Gasteiger partial charge in [-0.15, -0.1) is 0 Å². The molecule has 0 fully saturated rings. The molecule has 0 radical (unpaired) electrons. The molecule has 23 heavy (non-hydrogen) atoms. The smallest absolute Gasteiger partial charge is 0.208 e. The van der Waals surface area contributed by atoms with Crippen molar-refractivity contribution in [2.45, 2.75) is 0 Å². The fraction of sp³-hybridized carbons (Fsp3) is 0.188. The minimum Gasteiger partial charge on any atom is -0.504 e. The number of aromatic hydroxyl groups is 2. The molecule has 0 saturated heterocycles. The average Bonchev–Trinajstić information content (AvgIpc) is 2.55. The highest BCUT2D eigenvalue weighted by Gasteiger charge is 2.22. The fourth-order valence-corrected chi connectivity index (χ4v) is 2.53. The number of rotatable bonds is 3. The summed E-state index contributed by atoms with van der Waals surface area (Å²) in [5, 5.41) is 20.3. The van der Waals surface area contributed by atoms with Crippen molar-refractivity contribution in [2.75, 3.05) is 21.3 Å². The van der Waals surface area contributed by atoms with Crippen LogP contribution < -0.4 is 19.6 Å². The summed E-state index contributed by atoms with van der Waals surface area (Å²) in [6.45, 7) is 0. The van der Waals surface area contributed by atoms with Crippen molar-refractivity contribution in [2.24, 2.45) is 0 Å².